The molecule has 0 saturated heterocycles. The predicted octanol–water partition coefficient (Wildman–Crippen LogP) is 2.98. The van der Waals surface area contributed by atoms with Crippen LogP contribution in [0.15, 0.2) is 54.9 Å². The second-order valence-electron chi connectivity index (χ2n) is 9.74. The van der Waals surface area contributed by atoms with Gasteiger partial charge in [-0.15, -0.1) is 0 Å². The Kier molecular flexibility index (Phi) is 6.95. The fraction of sp³-hybridized carbons (Fsp3) is 0.207. The Balaban J connectivity index is 1.69. The normalized spacial score (nSPS) is 10.7. The molecular formula is C29H28BN5O2. The van der Waals surface area contributed by atoms with E-state index < -0.39 is 11.7 Å². The molecule has 2 N–H and O–H groups in total. The van der Waals surface area contributed by atoms with Gasteiger partial charge in [0.25, 0.3) is 0 Å². The minimum atomic E-state index is -0.648. The standard InChI is InChI=1S/C29H28BN5O2/c1-29(2,3)37-28(36)35(5)27-24-25(34(4)18-32-24)23(26(31)33-27)15-14-20-9-6-8-19(16-20)12-13-21-10-7-11-22(30)17-21/h6-11,16-18H,30H2,1-5H3,(H2,31,33). The van der Waals surface area contributed by atoms with E-state index in [2.05, 4.69) is 39.7 Å². The van der Waals surface area contributed by atoms with E-state index in [0.717, 1.165) is 16.7 Å². The van der Waals surface area contributed by atoms with Gasteiger partial charge in [-0.05, 0) is 45.0 Å². The fourth-order valence-corrected chi connectivity index (χ4v) is 3.68. The maximum atomic E-state index is 12.7. The number of hydrogen-bond acceptors (Lipinski definition) is 5. The van der Waals surface area contributed by atoms with E-state index in [4.69, 9.17) is 10.5 Å². The summed E-state index contributed by atoms with van der Waals surface area (Å²) >= 11 is 0. The van der Waals surface area contributed by atoms with Crippen molar-refractivity contribution >= 4 is 42.1 Å². The first-order chi connectivity index (χ1) is 17.5. The molecule has 4 aromatic rings. The molecule has 4 rings (SSSR count). The number of anilines is 2. The molecule has 0 aliphatic heterocycles. The van der Waals surface area contributed by atoms with Crippen LogP contribution in [0.25, 0.3) is 11.0 Å². The van der Waals surface area contributed by atoms with Crippen molar-refractivity contribution in [2.24, 2.45) is 7.05 Å². The number of rotatable bonds is 1. The van der Waals surface area contributed by atoms with Crippen LogP contribution in [0.2, 0.25) is 0 Å². The smallest absolute Gasteiger partial charge is 0.415 e. The van der Waals surface area contributed by atoms with Crippen molar-refractivity contribution in [3.8, 4) is 23.7 Å². The second kappa shape index (κ2) is 10.1. The van der Waals surface area contributed by atoms with Crippen LogP contribution in [0.3, 0.4) is 0 Å². The maximum Gasteiger partial charge on any atom is 0.415 e. The van der Waals surface area contributed by atoms with Crippen LogP contribution >= 0.6 is 0 Å². The van der Waals surface area contributed by atoms with Crippen LogP contribution in [0.1, 0.15) is 43.0 Å². The SMILES string of the molecule is Bc1cccc(C#Cc2cccc(C#Cc3c(N)nc(N(C)C(=O)OC(C)(C)C)c4ncn(C)c34)c2)c1. The monoisotopic (exact) mass is 489 g/mol. The summed E-state index contributed by atoms with van der Waals surface area (Å²) in [7, 11) is 5.47. The Morgan fingerprint density at radius 3 is 2.24 bits per heavy atom. The van der Waals surface area contributed by atoms with E-state index in [1.165, 1.54) is 10.4 Å². The Bertz CT molecular complexity index is 1630. The van der Waals surface area contributed by atoms with E-state index in [9.17, 15) is 4.79 Å². The number of hydrogen-bond donors (Lipinski definition) is 1. The highest BCUT2D eigenvalue weighted by Crippen LogP contribution is 2.29. The number of aromatic nitrogens is 3. The van der Waals surface area contributed by atoms with Crippen molar-refractivity contribution in [3.05, 3.63) is 77.1 Å². The van der Waals surface area contributed by atoms with Crippen molar-refractivity contribution in [3.63, 3.8) is 0 Å². The molecule has 0 unspecified atom stereocenters. The summed E-state index contributed by atoms with van der Waals surface area (Å²) in [5.74, 6) is 13.2. The minimum Gasteiger partial charge on any atom is -0.443 e. The molecule has 2 aromatic carbocycles. The minimum absolute atomic E-state index is 0.199. The van der Waals surface area contributed by atoms with Gasteiger partial charge in [-0.2, -0.15) is 0 Å². The number of ether oxygens (including phenoxy) is 1. The van der Waals surface area contributed by atoms with Crippen LogP contribution in [0.4, 0.5) is 16.4 Å². The number of benzene rings is 2. The summed E-state index contributed by atoms with van der Waals surface area (Å²) in [5, 5.41) is 0. The number of nitrogen functional groups attached to an aromatic ring is 1. The number of carbonyl (C=O) groups is 1. The first-order valence-corrected chi connectivity index (χ1v) is 11.8. The first kappa shape index (κ1) is 25.4. The van der Waals surface area contributed by atoms with E-state index in [1.54, 1.807) is 34.1 Å². The Morgan fingerprint density at radius 2 is 1.62 bits per heavy atom. The van der Waals surface area contributed by atoms with E-state index in [-0.39, 0.29) is 5.82 Å². The molecule has 0 spiro atoms. The Hall–Kier alpha value is -4.69. The third kappa shape index (κ3) is 5.94. The average molecular weight is 489 g/mol. The topological polar surface area (TPSA) is 86.3 Å². The van der Waals surface area contributed by atoms with Gasteiger partial charge >= 0.3 is 6.09 Å². The van der Waals surface area contributed by atoms with Crippen molar-refractivity contribution in [1.29, 1.82) is 0 Å². The van der Waals surface area contributed by atoms with Crippen LogP contribution < -0.4 is 16.1 Å². The van der Waals surface area contributed by atoms with Crippen LogP contribution in [-0.2, 0) is 11.8 Å². The summed E-state index contributed by atoms with van der Waals surface area (Å²) in [5.41, 5.74) is 11.2. The highest BCUT2D eigenvalue weighted by Gasteiger charge is 2.25. The van der Waals surface area contributed by atoms with E-state index >= 15 is 0 Å². The molecule has 0 aliphatic rings. The molecule has 184 valence electrons. The third-order valence-corrected chi connectivity index (χ3v) is 5.42. The molecule has 0 bridgehead atoms. The Labute approximate surface area is 218 Å². The van der Waals surface area contributed by atoms with Gasteiger partial charge in [0.15, 0.2) is 5.82 Å². The molecule has 0 fully saturated rings. The lowest BCUT2D eigenvalue weighted by molar-refractivity contribution is 0.0588. The van der Waals surface area contributed by atoms with Gasteiger partial charge in [0, 0.05) is 30.8 Å². The number of carbonyl (C=O) groups excluding carboxylic acids is 1. The first-order valence-electron chi connectivity index (χ1n) is 11.8. The number of aryl methyl sites for hydroxylation is 1. The number of nitrogens with two attached hydrogens (primary N) is 1. The molecule has 0 radical (unpaired) electrons. The molecule has 37 heavy (non-hydrogen) atoms. The zero-order valence-electron chi connectivity index (χ0n) is 21.9. The molecular weight excluding hydrogens is 461 g/mol. The molecule has 7 nitrogen and oxygen atoms in total. The highest BCUT2D eigenvalue weighted by atomic mass is 16.6. The number of imidazole rings is 1. The molecule has 8 heteroatoms. The van der Waals surface area contributed by atoms with Gasteiger partial charge in [0.2, 0.25) is 0 Å². The molecule has 1 amide bonds. The van der Waals surface area contributed by atoms with Crippen molar-refractivity contribution in [2.45, 2.75) is 26.4 Å². The second-order valence-corrected chi connectivity index (χ2v) is 9.74. The Morgan fingerprint density at radius 1 is 1.03 bits per heavy atom. The van der Waals surface area contributed by atoms with E-state index in [1.807, 2.05) is 61.9 Å². The lowest BCUT2D eigenvalue weighted by Crippen LogP contribution is -2.34. The zero-order valence-corrected chi connectivity index (χ0v) is 21.9. The summed E-state index contributed by atoms with van der Waals surface area (Å²) in [6.45, 7) is 5.41. The molecule has 0 aliphatic carbocycles. The number of nitrogens with zero attached hydrogens (tertiary/aromatic N) is 4. The highest BCUT2D eigenvalue weighted by molar-refractivity contribution is 6.32. The van der Waals surface area contributed by atoms with Crippen molar-refractivity contribution < 1.29 is 9.53 Å². The maximum absolute atomic E-state index is 12.7. The summed E-state index contributed by atoms with van der Waals surface area (Å²) < 4.78 is 7.30. The zero-order chi connectivity index (χ0) is 26.7. The summed E-state index contributed by atoms with van der Waals surface area (Å²) in [6, 6.07) is 15.8. The predicted molar refractivity (Wildman–Crippen MR) is 151 cm³/mol. The third-order valence-electron chi connectivity index (χ3n) is 5.42. The molecule has 0 saturated carbocycles. The van der Waals surface area contributed by atoms with Crippen molar-refractivity contribution in [2.75, 3.05) is 17.7 Å². The van der Waals surface area contributed by atoms with Crippen LogP contribution in [0.5, 0.6) is 0 Å². The van der Waals surface area contributed by atoms with Gasteiger partial charge in [0.05, 0.1) is 17.4 Å². The largest absolute Gasteiger partial charge is 0.443 e. The fourth-order valence-electron chi connectivity index (χ4n) is 3.68. The van der Waals surface area contributed by atoms with Crippen molar-refractivity contribution in [1.82, 2.24) is 14.5 Å². The van der Waals surface area contributed by atoms with Gasteiger partial charge in [-0.3, -0.25) is 4.90 Å². The van der Waals surface area contributed by atoms with Gasteiger partial charge < -0.3 is 15.0 Å². The summed E-state index contributed by atoms with van der Waals surface area (Å²) in [4.78, 5) is 22.9. The number of pyridine rings is 1. The quantitative estimate of drug-likeness (QED) is 0.328. The average Bonchev–Trinajstić information content (AvgIpc) is 3.22. The van der Waals surface area contributed by atoms with Gasteiger partial charge in [-0.25, -0.2) is 14.8 Å². The van der Waals surface area contributed by atoms with Crippen LogP contribution in [-0.4, -0.2) is 41.1 Å². The summed E-state index contributed by atoms with van der Waals surface area (Å²) in [6.07, 6.45) is 1.10. The molecule has 0 atom stereocenters. The molecule has 2 heterocycles. The lowest BCUT2D eigenvalue weighted by atomic mass is 9.94. The van der Waals surface area contributed by atoms with Gasteiger partial charge in [0.1, 0.15) is 24.8 Å². The van der Waals surface area contributed by atoms with Crippen LogP contribution in [0, 0.1) is 23.7 Å². The number of amides is 1. The number of fused-ring (bicyclic) bond motifs is 1. The van der Waals surface area contributed by atoms with Gasteiger partial charge in [-0.1, -0.05) is 53.4 Å². The lowest BCUT2D eigenvalue weighted by Gasteiger charge is -2.24. The van der Waals surface area contributed by atoms with E-state index in [0.29, 0.717) is 22.4 Å². The molecule has 2 aromatic heterocycles.